The Bertz CT molecular complexity index is 922. The van der Waals surface area contributed by atoms with Crippen LogP contribution in [0.25, 0.3) is 0 Å². The van der Waals surface area contributed by atoms with Crippen LogP contribution in [0.15, 0.2) is 53.3 Å². The van der Waals surface area contributed by atoms with Gasteiger partial charge in [0.05, 0.1) is 5.25 Å². The Morgan fingerprint density at radius 3 is 3.00 bits per heavy atom. The van der Waals surface area contributed by atoms with E-state index in [1.807, 2.05) is 34.6 Å². The molecule has 27 heavy (non-hydrogen) atoms. The van der Waals surface area contributed by atoms with Crippen LogP contribution in [0.4, 0.5) is 5.69 Å². The van der Waals surface area contributed by atoms with Crippen LogP contribution < -0.4 is 4.90 Å². The fraction of sp³-hybridized carbons (Fsp3) is 0.350. The molecule has 7 heteroatoms. The van der Waals surface area contributed by atoms with Gasteiger partial charge in [0.15, 0.2) is 5.16 Å². The van der Waals surface area contributed by atoms with Crippen molar-refractivity contribution in [3.63, 3.8) is 0 Å². The van der Waals surface area contributed by atoms with Gasteiger partial charge in [-0.05, 0) is 49.8 Å². The second-order valence-corrected chi connectivity index (χ2v) is 9.13. The molecule has 3 aromatic rings. The summed E-state index contributed by atoms with van der Waals surface area (Å²) in [7, 11) is 0. The Kier molecular flexibility index (Phi) is 5.31. The highest BCUT2D eigenvalue weighted by molar-refractivity contribution is 8.00. The van der Waals surface area contributed by atoms with Crippen LogP contribution in [0.3, 0.4) is 0 Å². The molecule has 140 valence electrons. The van der Waals surface area contributed by atoms with Crippen LogP contribution in [-0.4, -0.2) is 32.0 Å². The van der Waals surface area contributed by atoms with Crippen molar-refractivity contribution in [2.45, 2.75) is 49.7 Å². The number of para-hydroxylation sites is 1. The van der Waals surface area contributed by atoms with Crippen LogP contribution in [0.5, 0.6) is 0 Å². The molecule has 1 aliphatic rings. The number of hydrogen-bond donors (Lipinski definition) is 0. The van der Waals surface area contributed by atoms with Gasteiger partial charge in [0.2, 0.25) is 5.91 Å². The number of anilines is 1. The highest BCUT2D eigenvalue weighted by Crippen LogP contribution is 2.34. The molecule has 3 heterocycles. The predicted molar refractivity (Wildman–Crippen MR) is 110 cm³/mol. The van der Waals surface area contributed by atoms with E-state index in [0.29, 0.717) is 0 Å². The maximum Gasteiger partial charge on any atom is 0.240 e. The van der Waals surface area contributed by atoms with E-state index in [9.17, 15) is 4.79 Å². The first-order chi connectivity index (χ1) is 13.1. The molecule has 0 fully saturated rings. The molecule has 0 saturated carbocycles. The third-order valence-corrected chi connectivity index (χ3v) is 6.85. The number of fused-ring (bicyclic) bond motifs is 1. The third-order valence-electron chi connectivity index (χ3n) is 4.83. The molecule has 0 aliphatic carbocycles. The number of aromatic nitrogens is 3. The zero-order valence-corrected chi connectivity index (χ0v) is 17.0. The summed E-state index contributed by atoms with van der Waals surface area (Å²) in [6, 6.07) is 12.6. The van der Waals surface area contributed by atoms with E-state index in [4.69, 9.17) is 0 Å². The molecule has 2 unspecified atom stereocenters. The molecular formula is C20H22N4OS2. The lowest BCUT2D eigenvalue weighted by Crippen LogP contribution is -2.40. The maximum absolute atomic E-state index is 13.1. The van der Waals surface area contributed by atoms with Gasteiger partial charge in [-0.15, -0.1) is 21.5 Å². The highest BCUT2D eigenvalue weighted by Gasteiger charge is 2.33. The Balaban J connectivity index is 1.44. The number of thioether (sulfide) groups is 1. The van der Waals surface area contributed by atoms with Crippen LogP contribution in [0.2, 0.25) is 0 Å². The summed E-state index contributed by atoms with van der Waals surface area (Å²) >= 11 is 3.25. The summed E-state index contributed by atoms with van der Waals surface area (Å²) in [4.78, 5) is 16.4. The van der Waals surface area contributed by atoms with Gasteiger partial charge in [-0.25, -0.2) is 0 Å². The van der Waals surface area contributed by atoms with Crippen molar-refractivity contribution in [1.82, 2.24) is 14.8 Å². The van der Waals surface area contributed by atoms with E-state index < -0.39 is 0 Å². The summed E-state index contributed by atoms with van der Waals surface area (Å²) in [5.41, 5.74) is 2.29. The summed E-state index contributed by atoms with van der Waals surface area (Å²) in [5.74, 6) is 0.130. The second kappa shape index (κ2) is 7.86. The fourth-order valence-electron chi connectivity index (χ4n) is 3.48. The molecule has 2 aromatic heterocycles. The number of rotatable bonds is 6. The molecule has 0 bridgehead atoms. The lowest BCUT2D eigenvalue weighted by molar-refractivity contribution is -0.118. The number of hydrogen-bond acceptors (Lipinski definition) is 5. The molecule has 0 radical (unpaired) electrons. The van der Waals surface area contributed by atoms with Gasteiger partial charge in [0, 0.05) is 23.2 Å². The first kappa shape index (κ1) is 18.3. The number of benzene rings is 1. The molecule has 0 spiro atoms. The number of aryl methyl sites for hydroxylation is 2. The van der Waals surface area contributed by atoms with Gasteiger partial charge >= 0.3 is 0 Å². The van der Waals surface area contributed by atoms with Crippen molar-refractivity contribution in [3.8, 4) is 0 Å². The number of carbonyl (C=O) groups excluding carboxylic acids is 1. The predicted octanol–water partition coefficient (Wildman–Crippen LogP) is 4.04. The maximum atomic E-state index is 13.1. The fourth-order valence-corrected chi connectivity index (χ4v) is 5.08. The Morgan fingerprint density at radius 2 is 2.19 bits per heavy atom. The topological polar surface area (TPSA) is 51.0 Å². The lowest BCUT2D eigenvalue weighted by atomic mass is 10.1. The summed E-state index contributed by atoms with van der Waals surface area (Å²) in [6.07, 6.45) is 3.61. The van der Waals surface area contributed by atoms with Crippen molar-refractivity contribution >= 4 is 34.7 Å². The van der Waals surface area contributed by atoms with E-state index >= 15 is 0 Å². The highest BCUT2D eigenvalue weighted by atomic mass is 32.2. The molecule has 4 rings (SSSR count). The first-order valence-electron chi connectivity index (χ1n) is 9.11. The minimum Gasteiger partial charge on any atom is -0.308 e. The van der Waals surface area contributed by atoms with Crippen molar-refractivity contribution in [2.75, 3.05) is 4.90 Å². The number of nitrogens with zero attached hydrogens (tertiary/aromatic N) is 4. The van der Waals surface area contributed by atoms with Gasteiger partial charge in [-0.1, -0.05) is 36.0 Å². The minimum atomic E-state index is -0.219. The smallest absolute Gasteiger partial charge is 0.240 e. The van der Waals surface area contributed by atoms with Crippen molar-refractivity contribution in [1.29, 1.82) is 0 Å². The minimum absolute atomic E-state index is 0.130. The molecule has 5 nitrogen and oxygen atoms in total. The quantitative estimate of drug-likeness (QED) is 0.588. The Labute approximate surface area is 167 Å². The molecule has 1 aliphatic heterocycles. The van der Waals surface area contributed by atoms with E-state index in [1.54, 1.807) is 17.7 Å². The molecule has 0 N–H and O–H groups in total. The van der Waals surface area contributed by atoms with Crippen molar-refractivity contribution < 1.29 is 4.79 Å². The Morgan fingerprint density at radius 1 is 1.33 bits per heavy atom. The number of carbonyl (C=O) groups is 1. The van der Waals surface area contributed by atoms with Crippen LogP contribution >= 0.6 is 23.1 Å². The van der Waals surface area contributed by atoms with Gasteiger partial charge in [-0.3, -0.25) is 4.79 Å². The average molecular weight is 399 g/mol. The zero-order chi connectivity index (χ0) is 18.8. The summed E-state index contributed by atoms with van der Waals surface area (Å²) in [5, 5.41) is 11.0. The lowest BCUT2D eigenvalue weighted by Gasteiger charge is -2.25. The van der Waals surface area contributed by atoms with Crippen molar-refractivity contribution in [3.05, 3.63) is 58.5 Å². The van der Waals surface area contributed by atoms with Crippen molar-refractivity contribution in [2.24, 2.45) is 0 Å². The van der Waals surface area contributed by atoms with Gasteiger partial charge < -0.3 is 9.47 Å². The summed E-state index contributed by atoms with van der Waals surface area (Å²) in [6.45, 7) is 4.89. The molecule has 2 atom stereocenters. The molecule has 1 amide bonds. The van der Waals surface area contributed by atoms with E-state index in [2.05, 4.69) is 40.7 Å². The summed E-state index contributed by atoms with van der Waals surface area (Å²) < 4.78 is 2.04. The first-order valence-corrected chi connectivity index (χ1v) is 10.9. The molecule has 0 saturated heterocycles. The SMILES string of the molecule is CC(Sc1nncn1CCc1cccs1)C(=O)N1c2ccccc2CC1C. The standard InChI is InChI=1S/C20H22N4OS2/c1-14-12-16-6-3-4-8-18(16)24(14)19(25)15(2)27-20-22-21-13-23(20)10-9-17-7-5-11-26-17/h3-8,11,13-15H,9-10,12H2,1-2H3. The second-order valence-electron chi connectivity index (χ2n) is 6.79. The number of thiophene rings is 1. The normalized spacial score (nSPS) is 17.1. The van der Waals surface area contributed by atoms with E-state index in [1.165, 1.54) is 22.2 Å². The number of amides is 1. The largest absolute Gasteiger partial charge is 0.308 e. The zero-order valence-electron chi connectivity index (χ0n) is 15.4. The van der Waals surface area contributed by atoms with Crippen LogP contribution in [-0.2, 0) is 24.2 Å². The monoisotopic (exact) mass is 398 g/mol. The average Bonchev–Trinajstić information content (AvgIpc) is 3.38. The van der Waals surface area contributed by atoms with E-state index in [-0.39, 0.29) is 17.2 Å². The van der Waals surface area contributed by atoms with Gasteiger partial charge in [0.25, 0.3) is 0 Å². The molecule has 1 aromatic carbocycles. The van der Waals surface area contributed by atoms with Crippen LogP contribution in [0, 0.1) is 0 Å². The van der Waals surface area contributed by atoms with Crippen LogP contribution in [0.1, 0.15) is 24.3 Å². The van der Waals surface area contributed by atoms with Gasteiger partial charge in [0.1, 0.15) is 6.33 Å². The van der Waals surface area contributed by atoms with E-state index in [0.717, 1.165) is 30.2 Å². The van der Waals surface area contributed by atoms with Gasteiger partial charge in [-0.2, -0.15) is 0 Å². The molecular weight excluding hydrogens is 376 g/mol. The third kappa shape index (κ3) is 3.80. The Hall–Kier alpha value is -2.12.